The van der Waals surface area contributed by atoms with Crippen LogP contribution in [-0.2, 0) is 0 Å². The highest BCUT2D eigenvalue weighted by atomic mass is 35.5. The number of halogens is 2. The summed E-state index contributed by atoms with van der Waals surface area (Å²) in [5, 5.41) is 1.23. The molecule has 2 atom stereocenters. The van der Waals surface area contributed by atoms with Gasteiger partial charge in [-0.1, -0.05) is 29.3 Å². The predicted molar refractivity (Wildman–Crippen MR) is 84.4 cm³/mol. The summed E-state index contributed by atoms with van der Waals surface area (Å²) in [6.07, 6.45) is 0.549. The van der Waals surface area contributed by atoms with Gasteiger partial charge in [-0.3, -0.25) is 0 Å². The minimum Gasteiger partial charge on any atom is -0.495 e. The minimum absolute atomic E-state index is 0.113. The molecule has 1 heterocycles. The second-order valence-electron chi connectivity index (χ2n) is 5.02. The van der Waals surface area contributed by atoms with Crippen molar-refractivity contribution in [3.8, 4) is 11.5 Å². The number of methoxy groups -OCH3 is 1. The first-order valence-electron chi connectivity index (χ1n) is 6.63. The Labute approximate surface area is 133 Å². The van der Waals surface area contributed by atoms with E-state index < -0.39 is 0 Å². The van der Waals surface area contributed by atoms with Gasteiger partial charge < -0.3 is 15.2 Å². The van der Waals surface area contributed by atoms with Gasteiger partial charge >= 0.3 is 0 Å². The van der Waals surface area contributed by atoms with Crippen molar-refractivity contribution < 1.29 is 9.47 Å². The molecular weight excluding hydrogens is 309 g/mol. The van der Waals surface area contributed by atoms with Crippen LogP contribution in [0, 0.1) is 0 Å². The maximum absolute atomic E-state index is 6.24. The fraction of sp³-hybridized carbons (Fsp3) is 0.250. The van der Waals surface area contributed by atoms with E-state index in [9.17, 15) is 0 Å². The molecule has 0 aromatic heterocycles. The molecule has 0 bridgehead atoms. The first-order valence-corrected chi connectivity index (χ1v) is 7.39. The van der Waals surface area contributed by atoms with Crippen molar-refractivity contribution in [1.82, 2.24) is 0 Å². The molecule has 0 radical (unpaired) electrons. The molecule has 5 heteroatoms. The summed E-state index contributed by atoms with van der Waals surface area (Å²) in [4.78, 5) is 0. The van der Waals surface area contributed by atoms with Crippen molar-refractivity contribution in [2.45, 2.75) is 18.6 Å². The third-order valence-electron chi connectivity index (χ3n) is 3.66. The van der Waals surface area contributed by atoms with Crippen LogP contribution in [0.3, 0.4) is 0 Å². The lowest BCUT2D eigenvalue weighted by Gasteiger charge is -2.30. The first kappa shape index (κ1) is 14.5. The first-order chi connectivity index (χ1) is 10.1. The second-order valence-corrected chi connectivity index (χ2v) is 5.87. The molecule has 0 aliphatic carbocycles. The van der Waals surface area contributed by atoms with Crippen molar-refractivity contribution in [2.24, 2.45) is 5.73 Å². The largest absolute Gasteiger partial charge is 0.495 e. The van der Waals surface area contributed by atoms with E-state index in [1.165, 1.54) is 0 Å². The number of rotatable bonds is 2. The lowest BCUT2D eigenvalue weighted by Crippen LogP contribution is -2.24. The summed E-state index contributed by atoms with van der Waals surface area (Å²) in [5.74, 6) is 1.42. The van der Waals surface area contributed by atoms with E-state index in [2.05, 4.69) is 0 Å². The predicted octanol–water partition coefficient (Wildman–Crippen LogP) is 4.53. The van der Waals surface area contributed by atoms with Crippen LogP contribution in [0.5, 0.6) is 11.5 Å². The topological polar surface area (TPSA) is 44.5 Å². The summed E-state index contributed by atoms with van der Waals surface area (Å²) < 4.78 is 11.2. The molecule has 2 aromatic carbocycles. The highest BCUT2D eigenvalue weighted by Crippen LogP contribution is 2.41. The average molecular weight is 324 g/mol. The highest BCUT2D eigenvalue weighted by molar-refractivity contribution is 6.32. The summed E-state index contributed by atoms with van der Waals surface area (Å²) in [6.45, 7) is 0. The summed E-state index contributed by atoms with van der Waals surface area (Å²) in [5.41, 5.74) is 8.17. The fourth-order valence-electron chi connectivity index (χ4n) is 2.56. The fourth-order valence-corrected chi connectivity index (χ4v) is 3.01. The van der Waals surface area contributed by atoms with E-state index in [1.807, 2.05) is 30.3 Å². The van der Waals surface area contributed by atoms with Crippen LogP contribution in [0.2, 0.25) is 10.0 Å². The van der Waals surface area contributed by atoms with Crippen LogP contribution in [0.25, 0.3) is 0 Å². The van der Waals surface area contributed by atoms with Crippen molar-refractivity contribution in [2.75, 3.05) is 7.11 Å². The smallest absolute Gasteiger partial charge is 0.137 e. The molecule has 3 nitrogen and oxygen atoms in total. The molecule has 2 N–H and O–H groups in total. The molecule has 1 aliphatic rings. The van der Waals surface area contributed by atoms with Gasteiger partial charge in [-0.15, -0.1) is 0 Å². The number of hydrogen-bond acceptors (Lipinski definition) is 3. The lowest BCUT2D eigenvalue weighted by molar-refractivity contribution is 0.161. The average Bonchev–Trinajstić information content (AvgIpc) is 2.47. The Morgan fingerprint density at radius 2 is 2.00 bits per heavy atom. The normalized spacial score (nSPS) is 20.6. The van der Waals surface area contributed by atoms with Crippen molar-refractivity contribution in [3.63, 3.8) is 0 Å². The van der Waals surface area contributed by atoms with Crippen LogP contribution in [0.15, 0.2) is 36.4 Å². The molecule has 21 heavy (non-hydrogen) atoms. The third-order valence-corrected chi connectivity index (χ3v) is 4.19. The molecule has 0 fully saturated rings. The summed E-state index contributed by atoms with van der Waals surface area (Å²) >= 11 is 12.2. The monoisotopic (exact) mass is 323 g/mol. The van der Waals surface area contributed by atoms with Gasteiger partial charge in [0.25, 0.3) is 0 Å². The van der Waals surface area contributed by atoms with E-state index in [1.54, 1.807) is 13.2 Å². The van der Waals surface area contributed by atoms with Crippen molar-refractivity contribution in [3.05, 3.63) is 57.6 Å². The molecule has 0 saturated carbocycles. The second kappa shape index (κ2) is 5.76. The quantitative estimate of drug-likeness (QED) is 0.883. The Balaban J connectivity index is 1.92. The standard InChI is InChI=1S/C16H15Cl2NO2/c1-20-15-4-2-9(6-12(15)18)16-8-13(19)11-7-10(17)3-5-14(11)21-16/h2-7,13,16H,8,19H2,1H3/t13-,16?/m0/s1. The van der Waals surface area contributed by atoms with Crippen molar-refractivity contribution >= 4 is 23.2 Å². The van der Waals surface area contributed by atoms with Crippen LogP contribution < -0.4 is 15.2 Å². The molecule has 1 aliphatic heterocycles. The molecule has 3 rings (SSSR count). The third kappa shape index (κ3) is 2.82. The molecule has 0 amide bonds. The summed E-state index contributed by atoms with van der Waals surface area (Å²) in [6, 6.07) is 11.0. The van der Waals surface area contributed by atoms with Crippen LogP contribution in [0.1, 0.15) is 29.7 Å². The van der Waals surface area contributed by atoms with Crippen molar-refractivity contribution in [1.29, 1.82) is 0 Å². The van der Waals surface area contributed by atoms with Gasteiger partial charge in [0.2, 0.25) is 0 Å². The highest BCUT2D eigenvalue weighted by Gasteiger charge is 2.27. The molecule has 110 valence electrons. The SMILES string of the molecule is COc1ccc(C2C[C@H](N)c3cc(Cl)ccc3O2)cc1Cl. The van der Waals surface area contributed by atoms with Gasteiger partial charge in [0.05, 0.1) is 12.1 Å². The Kier molecular flexibility index (Phi) is 3.98. The number of fused-ring (bicyclic) bond motifs is 1. The molecular formula is C16H15Cl2NO2. The molecule has 1 unspecified atom stereocenters. The summed E-state index contributed by atoms with van der Waals surface area (Å²) in [7, 11) is 1.59. The Morgan fingerprint density at radius 3 is 2.71 bits per heavy atom. The van der Waals surface area contributed by atoms with E-state index in [0.29, 0.717) is 22.2 Å². The van der Waals surface area contributed by atoms with Gasteiger partial charge in [0.15, 0.2) is 0 Å². The zero-order chi connectivity index (χ0) is 15.0. The number of ether oxygens (including phenoxy) is 2. The number of benzene rings is 2. The van der Waals surface area contributed by atoms with E-state index in [4.69, 9.17) is 38.4 Å². The lowest BCUT2D eigenvalue weighted by atomic mass is 9.93. The Hall–Kier alpha value is -1.42. The molecule has 0 saturated heterocycles. The van der Waals surface area contributed by atoms with Crippen LogP contribution >= 0.6 is 23.2 Å². The zero-order valence-corrected chi connectivity index (χ0v) is 13.0. The minimum atomic E-state index is -0.128. The van der Waals surface area contributed by atoms with Gasteiger partial charge in [0.1, 0.15) is 17.6 Å². The molecule has 0 spiro atoms. The molecule has 2 aromatic rings. The number of nitrogens with two attached hydrogens (primary N) is 1. The van der Waals surface area contributed by atoms with Crippen LogP contribution in [-0.4, -0.2) is 7.11 Å². The van der Waals surface area contributed by atoms with Crippen LogP contribution in [0.4, 0.5) is 0 Å². The van der Waals surface area contributed by atoms with E-state index in [0.717, 1.165) is 16.9 Å². The maximum Gasteiger partial charge on any atom is 0.137 e. The zero-order valence-electron chi connectivity index (χ0n) is 11.5. The number of hydrogen-bond donors (Lipinski definition) is 1. The van der Waals surface area contributed by atoms with Gasteiger partial charge in [-0.2, -0.15) is 0 Å². The van der Waals surface area contributed by atoms with Gasteiger partial charge in [-0.25, -0.2) is 0 Å². The van der Waals surface area contributed by atoms with Gasteiger partial charge in [0, 0.05) is 23.0 Å². The van der Waals surface area contributed by atoms with E-state index >= 15 is 0 Å². The Morgan fingerprint density at radius 1 is 1.19 bits per heavy atom. The van der Waals surface area contributed by atoms with Gasteiger partial charge in [-0.05, 0) is 35.9 Å². The van der Waals surface area contributed by atoms with E-state index in [-0.39, 0.29) is 12.1 Å². The maximum atomic E-state index is 6.24. The Bertz CT molecular complexity index is 675.